The average Bonchev–Trinajstić information content (AvgIpc) is 2.49. The molecule has 2 amide bonds. The first-order valence-corrected chi connectivity index (χ1v) is 7.59. The van der Waals surface area contributed by atoms with E-state index in [1.54, 1.807) is 0 Å². The summed E-state index contributed by atoms with van der Waals surface area (Å²) in [6.07, 6.45) is 2.14. The molecular formula is C16H25N3O. The third kappa shape index (κ3) is 3.73. The van der Waals surface area contributed by atoms with Gasteiger partial charge in [-0.05, 0) is 31.0 Å². The number of hydrogen-bond donors (Lipinski definition) is 2. The molecule has 1 aromatic rings. The van der Waals surface area contributed by atoms with Gasteiger partial charge in [-0.25, -0.2) is 4.79 Å². The van der Waals surface area contributed by atoms with Crippen LogP contribution in [0.2, 0.25) is 0 Å². The SMILES string of the molecule is CCNC1CCN(C(=O)Nc2ccccc2)CC1CC. The van der Waals surface area contributed by atoms with Gasteiger partial charge >= 0.3 is 6.03 Å². The lowest BCUT2D eigenvalue weighted by atomic mass is 9.90. The van der Waals surface area contributed by atoms with Crippen LogP contribution < -0.4 is 10.6 Å². The molecule has 2 N–H and O–H groups in total. The molecule has 1 aromatic carbocycles. The van der Waals surface area contributed by atoms with Crippen LogP contribution >= 0.6 is 0 Å². The van der Waals surface area contributed by atoms with Gasteiger partial charge in [-0.3, -0.25) is 0 Å². The van der Waals surface area contributed by atoms with E-state index in [0.717, 1.165) is 38.2 Å². The van der Waals surface area contributed by atoms with E-state index in [9.17, 15) is 4.79 Å². The highest BCUT2D eigenvalue weighted by Gasteiger charge is 2.29. The second-order valence-electron chi connectivity index (χ2n) is 5.36. The smallest absolute Gasteiger partial charge is 0.321 e. The van der Waals surface area contributed by atoms with E-state index < -0.39 is 0 Å². The fourth-order valence-electron chi connectivity index (χ4n) is 2.89. The van der Waals surface area contributed by atoms with E-state index >= 15 is 0 Å². The largest absolute Gasteiger partial charge is 0.324 e. The van der Waals surface area contributed by atoms with Crippen molar-refractivity contribution in [3.05, 3.63) is 30.3 Å². The molecule has 0 saturated carbocycles. The second-order valence-corrected chi connectivity index (χ2v) is 5.36. The summed E-state index contributed by atoms with van der Waals surface area (Å²) in [7, 11) is 0. The van der Waals surface area contributed by atoms with Crippen LogP contribution in [0.25, 0.3) is 0 Å². The molecule has 1 heterocycles. The molecule has 2 unspecified atom stereocenters. The fraction of sp³-hybridized carbons (Fsp3) is 0.562. The van der Waals surface area contributed by atoms with Crippen LogP contribution in [-0.4, -0.2) is 36.6 Å². The minimum atomic E-state index is 0.0181. The highest BCUT2D eigenvalue weighted by atomic mass is 16.2. The van der Waals surface area contributed by atoms with Crippen molar-refractivity contribution in [3.8, 4) is 0 Å². The van der Waals surface area contributed by atoms with Gasteiger partial charge in [0.2, 0.25) is 0 Å². The van der Waals surface area contributed by atoms with Gasteiger partial charge in [0.15, 0.2) is 0 Å². The van der Waals surface area contributed by atoms with Crippen LogP contribution in [0.15, 0.2) is 30.3 Å². The van der Waals surface area contributed by atoms with Crippen LogP contribution in [0.3, 0.4) is 0 Å². The standard InChI is InChI=1S/C16H25N3O/c1-3-13-12-19(11-10-15(13)17-4-2)16(20)18-14-8-6-5-7-9-14/h5-9,13,15,17H,3-4,10-12H2,1-2H3,(H,18,20). The van der Waals surface area contributed by atoms with Crippen LogP contribution in [-0.2, 0) is 0 Å². The van der Waals surface area contributed by atoms with Crippen molar-refractivity contribution < 1.29 is 4.79 Å². The summed E-state index contributed by atoms with van der Waals surface area (Å²) in [6.45, 7) is 7.01. The number of nitrogens with zero attached hydrogens (tertiary/aromatic N) is 1. The predicted molar refractivity (Wildman–Crippen MR) is 82.9 cm³/mol. The Bertz CT molecular complexity index is 421. The molecule has 110 valence electrons. The van der Waals surface area contributed by atoms with Gasteiger partial charge in [0.1, 0.15) is 0 Å². The van der Waals surface area contributed by atoms with Crippen molar-refractivity contribution in [2.45, 2.75) is 32.7 Å². The number of carbonyl (C=O) groups excluding carboxylic acids is 1. The van der Waals surface area contributed by atoms with E-state index in [0.29, 0.717) is 12.0 Å². The molecule has 0 spiro atoms. The lowest BCUT2D eigenvalue weighted by Gasteiger charge is -2.38. The van der Waals surface area contributed by atoms with Crippen LogP contribution in [0.5, 0.6) is 0 Å². The van der Waals surface area contributed by atoms with E-state index in [1.807, 2.05) is 35.2 Å². The fourth-order valence-corrected chi connectivity index (χ4v) is 2.89. The van der Waals surface area contributed by atoms with Crippen molar-refractivity contribution in [2.24, 2.45) is 5.92 Å². The number of nitrogens with one attached hydrogen (secondary N) is 2. The molecule has 0 aliphatic carbocycles. The number of likely N-dealkylation sites (tertiary alicyclic amines) is 1. The Morgan fingerprint density at radius 3 is 2.70 bits per heavy atom. The summed E-state index contributed by atoms with van der Waals surface area (Å²) in [5.41, 5.74) is 0.861. The molecule has 1 aliphatic rings. The molecule has 0 aromatic heterocycles. The summed E-state index contributed by atoms with van der Waals surface area (Å²) in [6, 6.07) is 10.2. The number of anilines is 1. The van der Waals surface area contributed by atoms with Crippen molar-refractivity contribution in [2.75, 3.05) is 25.0 Å². The van der Waals surface area contributed by atoms with Crippen molar-refractivity contribution in [3.63, 3.8) is 0 Å². The molecule has 0 bridgehead atoms. The predicted octanol–water partition coefficient (Wildman–Crippen LogP) is 2.93. The monoisotopic (exact) mass is 275 g/mol. The summed E-state index contributed by atoms with van der Waals surface area (Å²) < 4.78 is 0. The maximum absolute atomic E-state index is 12.3. The Morgan fingerprint density at radius 2 is 2.05 bits per heavy atom. The number of para-hydroxylation sites is 1. The first-order chi connectivity index (χ1) is 9.74. The molecule has 2 atom stereocenters. The van der Waals surface area contributed by atoms with Gasteiger partial charge in [-0.15, -0.1) is 0 Å². The van der Waals surface area contributed by atoms with Crippen molar-refractivity contribution in [1.29, 1.82) is 0 Å². The number of rotatable bonds is 4. The van der Waals surface area contributed by atoms with Gasteiger partial charge in [0.05, 0.1) is 0 Å². The molecular weight excluding hydrogens is 250 g/mol. The normalized spacial score (nSPS) is 22.6. The number of benzene rings is 1. The summed E-state index contributed by atoms with van der Waals surface area (Å²) >= 11 is 0. The first-order valence-electron chi connectivity index (χ1n) is 7.59. The van der Waals surface area contributed by atoms with Gasteiger partial charge in [0.25, 0.3) is 0 Å². The van der Waals surface area contributed by atoms with Gasteiger partial charge in [-0.1, -0.05) is 38.5 Å². The third-order valence-electron chi connectivity index (χ3n) is 4.04. The van der Waals surface area contributed by atoms with E-state index in [-0.39, 0.29) is 6.03 Å². The average molecular weight is 275 g/mol. The molecule has 20 heavy (non-hydrogen) atoms. The number of urea groups is 1. The second kappa shape index (κ2) is 7.29. The number of carbonyl (C=O) groups is 1. The van der Waals surface area contributed by atoms with Crippen LogP contribution in [0.4, 0.5) is 10.5 Å². The Labute approximate surface area is 121 Å². The molecule has 4 nitrogen and oxygen atoms in total. The molecule has 1 saturated heterocycles. The first kappa shape index (κ1) is 14.9. The quantitative estimate of drug-likeness (QED) is 0.887. The molecule has 4 heteroatoms. The minimum Gasteiger partial charge on any atom is -0.324 e. The molecule has 1 fully saturated rings. The van der Waals surface area contributed by atoms with Crippen molar-refractivity contribution in [1.82, 2.24) is 10.2 Å². The van der Waals surface area contributed by atoms with Crippen LogP contribution in [0, 0.1) is 5.92 Å². The maximum atomic E-state index is 12.3. The topological polar surface area (TPSA) is 44.4 Å². The molecule has 2 rings (SSSR count). The molecule has 1 aliphatic heterocycles. The minimum absolute atomic E-state index is 0.0181. The Hall–Kier alpha value is -1.55. The van der Waals surface area contributed by atoms with Gasteiger partial charge in [-0.2, -0.15) is 0 Å². The number of amides is 2. The van der Waals surface area contributed by atoms with E-state index in [2.05, 4.69) is 24.5 Å². The zero-order valence-corrected chi connectivity index (χ0v) is 12.4. The highest BCUT2D eigenvalue weighted by Crippen LogP contribution is 2.21. The number of piperidine rings is 1. The zero-order chi connectivity index (χ0) is 14.4. The highest BCUT2D eigenvalue weighted by molar-refractivity contribution is 5.89. The third-order valence-corrected chi connectivity index (χ3v) is 4.04. The van der Waals surface area contributed by atoms with Gasteiger partial charge < -0.3 is 15.5 Å². The van der Waals surface area contributed by atoms with E-state index in [4.69, 9.17) is 0 Å². The lowest BCUT2D eigenvalue weighted by molar-refractivity contribution is 0.151. The van der Waals surface area contributed by atoms with E-state index in [1.165, 1.54) is 0 Å². The summed E-state index contributed by atoms with van der Waals surface area (Å²) in [5.74, 6) is 0.547. The van der Waals surface area contributed by atoms with Crippen LogP contribution in [0.1, 0.15) is 26.7 Å². The Morgan fingerprint density at radius 1 is 1.30 bits per heavy atom. The summed E-state index contributed by atoms with van der Waals surface area (Å²) in [5, 5.41) is 6.51. The van der Waals surface area contributed by atoms with Gasteiger partial charge in [0, 0.05) is 24.8 Å². The maximum Gasteiger partial charge on any atom is 0.321 e. The molecule has 0 radical (unpaired) electrons. The Balaban J connectivity index is 1.92. The van der Waals surface area contributed by atoms with Crippen molar-refractivity contribution >= 4 is 11.7 Å². The number of hydrogen-bond acceptors (Lipinski definition) is 2. The Kier molecular flexibility index (Phi) is 5.41. The summed E-state index contributed by atoms with van der Waals surface area (Å²) in [4.78, 5) is 14.2. The zero-order valence-electron chi connectivity index (χ0n) is 12.4. The lowest BCUT2D eigenvalue weighted by Crippen LogP contribution is -2.51.